The summed E-state index contributed by atoms with van der Waals surface area (Å²) in [6.45, 7) is 9.58. The highest BCUT2D eigenvalue weighted by atomic mass is 16.7. The van der Waals surface area contributed by atoms with Crippen LogP contribution in [0.3, 0.4) is 0 Å². The monoisotopic (exact) mass is 1250 g/mol. The average molecular weight is 1250 g/mol. The van der Waals surface area contributed by atoms with Gasteiger partial charge in [0.1, 0.15) is 82.3 Å². The van der Waals surface area contributed by atoms with Gasteiger partial charge in [-0.25, -0.2) is 0 Å². The minimum atomic E-state index is -1.81. The molecule has 0 bridgehead atoms. The maximum Gasteiger partial charge on any atom is 0.310 e. The van der Waals surface area contributed by atoms with Crippen molar-refractivity contribution in [1.82, 2.24) is 16.0 Å². The lowest BCUT2D eigenvalue weighted by molar-refractivity contribution is -0.325. The van der Waals surface area contributed by atoms with Crippen molar-refractivity contribution in [3.63, 3.8) is 0 Å². The van der Waals surface area contributed by atoms with Crippen LogP contribution in [-0.4, -0.2) is 162 Å². The highest BCUT2D eigenvalue weighted by Crippen LogP contribution is 2.43. The summed E-state index contributed by atoms with van der Waals surface area (Å²) in [6, 6.07) is 41.6. The molecule has 2 aliphatic rings. The summed E-state index contributed by atoms with van der Waals surface area (Å²) in [4.78, 5) is 51.5. The minimum absolute atomic E-state index is 0.0777. The number of methoxy groups -OCH3 is 3. The van der Waals surface area contributed by atoms with Gasteiger partial charge in [-0.3, -0.25) is 19.2 Å². The number of rotatable bonds is 25. The van der Waals surface area contributed by atoms with Crippen molar-refractivity contribution < 1.29 is 92.8 Å². The quantitative estimate of drug-likeness (QED) is 0.0297. The highest BCUT2D eigenvalue weighted by Gasteiger charge is 2.53. The maximum absolute atomic E-state index is 13.9. The van der Waals surface area contributed by atoms with Gasteiger partial charge < -0.3 is 89.6 Å². The fraction of sp³-hybridized carbons (Fsp3) is 0.412. The van der Waals surface area contributed by atoms with E-state index in [-0.39, 0.29) is 25.9 Å². The first-order valence-corrected chi connectivity index (χ1v) is 29.7. The summed E-state index contributed by atoms with van der Waals surface area (Å²) >= 11 is 0. The molecule has 0 radical (unpaired) electrons. The molecular weight excluding hydrogens is 1160 g/mol. The Hall–Kier alpha value is -8.00. The molecule has 0 aliphatic carbocycles. The fourth-order valence-corrected chi connectivity index (χ4v) is 11.2. The molecule has 8 unspecified atom stereocenters. The third kappa shape index (κ3) is 16.3. The highest BCUT2D eigenvalue weighted by molar-refractivity contribution is 5.83. The number of hydrogen-bond acceptors (Lipinski definition) is 18. The number of carbonyl (C=O) groups is 4. The van der Waals surface area contributed by atoms with Gasteiger partial charge in [-0.05, 0) is 129 Å². The molecule has 3 amide bonds. The van der Waals surface area contributed by atoms with Crippen molar-refractivity contribution in [3.05, 3.63) is 179 Å². The van der Waals surface area contributed by atoms with Crippen LogP contribution in [0.4, 0.5) is 0 Å². The first-order valence-electron chi connectivity index (χ1n) is 29.7. The number of carboxylic acid groups (broad SMARTS) is 1. The summed E-state index contributed by atoms with van der Waals surface area (Å²) in [5, 5.41) is 84.9. The van der Waals surface area contributed by atoms with E-state index in [1.807, 2.05) is 62.4 Å². The molecule has 22 heteroatoms. The molecule has 2 heterocycles. The molecule has 484 valence electrons. The Bertz CT molecular complexity index is 3260. The van der Waals surface area contributed by atoms with Crippen molar-refractivity contribution in [2.75, 3.05) is 41.0 Å². The number of hydrogen-bond donors (Lipinski definition) is 10. The van der Waals surface area contributed by atoms with Gasteiger partial charge in [-0.2, -0.15) is 0 Å². The second kappa shape index (κ2) is 31.6. The third-order valence-corrected chi connectivity index (χ3v) is 16.2. The predicted octanol–water partition coefficient (Wildman–Crippen LogP) is 5.93. The molecule has 2 saturated heterocycles. The van der Waals surface area contributed by atoms with Crippen molar-refractivity contribution in [3.8, 4) is 34.5 Å². The molecule has 0 aromatic heterocycles. The van der Waals surface area contributed by atoms with Gasteiger partial charge >= 0.3 is 5.97 Å². The summed E-state index contributed by atoms with van der Waals surface area (Å²) in [5.41, 5.74) is 0.582. The van der Waals surface area contributed by atoms with Gasteiger partial charge in [-0.15, -0.1) is 0 Å². The van der Waals surface area contributed by atoms with Gasteiger partial charge in [0, 0.05) is 27.1 Å². The van der Waals surface area contributed by atoms with Crippen LogP contribution < -0.4 is 34.9 Å². The van der Waals surface area contributed by atoms with E-state index in [1.54, 1.807) is 125 Å². The summed E-state index contributed by atoms with van der Waals surface area (Å²) in [6.07, 6.45) is -12.2. The van der Waals surface area contributed by atoms with E-state index < -0.39 is 114 Å². The Morgan fingerprint density at radius 2 is 0.956 bits per heavy atom. The van der Waals surface area contributed by atoms with E-state index in [0.717, 1.165) is 11.1 Å². The number of benzene rings is 6. The number of carboxylic acids is 1. The van der Waals surface area contributed by atoms with Crippen molar-refractivity contribution in [1.29, 1.82) is 0 Å². The van der Waals surface area contributed by atoms with E-state index >= 15 is 0 Å². The summed E-state index contributed by atoms with van der Waals surface area (Å²) < 4.78 is 45.1. The summed E-state index contributed by atoms with van der Waals surface area (Å²) in [7, 11) is 4.30. The van der Waals surface area contributed by atoms with Crippen LogP contribution in [0.2, 0.25) is 0 Å². The Labute approximate surface area is 523 Å². The molecule has 8 rings (SSSR count). The van der Waals surface area contributed by atoms with E-state index in [0.29, 0.717) is 56.8 Å². The molecule has 14 atom stereocenters. The standard InChI is InChI=1S/C43H57N3O14.C25H26O5/c1-7-31(43(54,26-10-16-28(55-5)17-11-26)27-12-18-30(19-13-27)58-29-14-8-23(2)9-15-29)40(52)44-20-21-45-41(53)39-38(56-6)35(50)36(51)42(60-39)59-37-33(46-25(4)48)24(3)57-32(22-47)34(37)49;1-4-23(24(26)27)25(28,18-7-13-20(29-3)14-8-18)19-9-15-22(16-10-19)30-21-11-5-17(2)6-12-21/h8-19,24,31-39,42,47,49-51,54H,7,20-22H2,1-6H3,(H,44,52)(H,45,53)(H,46,48);5-16,23,28H,4H2,1-3H3,(H,26,27)/t24-,31?,32-,33?,34+,35?,36?,37?,38-,39+,42+,43?;/m0./s1. The summed E-state index contributed by atoms with van der Waals surface area (Å²) in [5.74, 6) is -1.16. The van der Waals surface area contributed by atoms with Crippen LogP contribution in [0.15, 0.2) is 146 Å². The van der Waals surface area contributed by atoms with Gasteiger partial charge in [0.05, 0.1) is 44.8 Å². The number of aliphatic hydroxyl groups excluding tert-OH is 4. The van der Waals surface area contributed by atoms with Crippen LogP contribution in [0, 0.1) is 25.7 Å². The normalized spacial score (nSPS) is 23.4. The molecule has 2 aliphatic heterocycles. The van der Waals surface area contributed by atoms with Crippen LogP contribution in [0.5, 0.6) is 34.5 Å². The second-order valence-electron chi connectivity index (χ2n) is 22.2. The molecule has 10 N–H and O–H groups in total. The first-order chi connectivity index (χ1) is 43.0. The molecule has 6 aromatic rings. The van der Waals surface area contributed by atoms with Crippen molar-refractivity contribution in [2.24, 2.45) is 11.8 Å². The Kier molecular flexibility index (Phi) is 24.4. The zero-order valence-electron chi connectivity index (χ0n) is 51.8. The fourth-order valence-electron chi connectivity index (χ4n) is 11.2. The van der Waals surface area contributed by atoms with E-state index in [2.05, 4.69) is 16.0 Å². The lowest BCUT2D eigenvalue weighted by Gasteiger charge is -2.47. The molecular formula is C68H83N3O19. The van der Waals surface area contributed by atoms with Crippen LogP contribution in [-0.2, 0) is 49.3 Å². The lowest BCUT2D eigenvalue weighted by Crippen LogP contribution is -2.68. The number of aliphatic carboxylic acids is 1. The van der Waals surface area contributed by atoms with Crippen molar-refractivity contribution >= 4 is 23.7 Å². The number of ether oxygens (including phenoxy) is 8. The molecule has 0 saturated carbocycles. The van der Waals surface area contributed by atoms with Gasteiger partial charge in [0.2, 0.25) is 11.8 Å². The molecule has 0 spiro atoms. The predicted molar refractivity (Wildman–Crippen MR) is 330 cm³/mol. The molecule has 6 aromatic carbocycles. The zero-order valence-corrected chi connectivity index (χ0v) is 51.8. The number of aryl methyl sites for hydroxylation is 2. The SMILES string of the molecule is CCC(C(=O)NCCNC(=O)[C@@H]1O[C@@H](OC2C(NC(C)=O)[C@H](C)O[C@@H](CO)[C@H]2O)C(O)C(O)[C@@H]1OC)C(O)(c1ccc(OC)cc1)c1ccc(Oc2ccc(C)cc2)cc1.CCC(C(=O)O)C(O)(c1ccc(OC)cc1)c1ccc(Oc2ccc(C)cc2)cc1. The molecule has 90 heavy (non-hydrogen) atoms. The van der Waals surface area contributed by atoms with Crippen molar-refractivity contribution in [2.45, 2.75) is 127 Å². The van der Waals surface area contributed by atoms with E-state index in [1.165, 1.54) is 21.1 Å². The topological polar surface area (TPSA) is 320 Å². The average Bonchev–Trinajstić information content (AvgIpc) is 1.38. The lowest BCUT2D eigenvalue weighted by atomic mass is 9.74. The van der Waals surface area contributed by atoms with Crippen LogP contribution in [0.1, 0.15) is 73.9 Å². The number of nitrogens with one attached hydrogen (secondary N) is 3. The number of amides is 3. The Morgan fingerprint density at radius 3 is 1.33 bits per heavy atom. The van der Waals surface area contributed by atoms with E-state index in [9.17, 15) is 54.9 Å². The first kappa shape index (κ1) is 69.5. The van der Waals surface area contributed by atoms with Crippen LogP contribution in [0.25, 0.3) is 0 Å². The number of aliphatic hydroxyl groups is 6. The molecule has 2 fully saturated rings. The molecule has 22 nitrogen and oxygen atoms in total. The van der Waals surface area contributed by atoms with Crippen LogP contribution >= 0.6 is 0 Å². The maximum atomic E-state index is 13.9. The zero-order chi connectivity index (χ0) is 65.5. The van der Waals surface area contributed by atoms with Gasteiger partial charge in [0.15, 0.2) is 12.4 Å². The third-order valence-electron chi connectivity index (χ3n) is 16.2. The second-order valence-corrected chi connectivity index (χ2v) is 22.2. The smallest absolute Gasteiger partial charge is 0.310 e. The van der Waals surface area contributed by atoms with E-state index in [4.69, 9.17) is 37.9 Å². The minimum Gasteiger partial charge on any atom is -0.497 e. The van der Waals surface area contributed by atoms with Gasteiger partial charge in [-0.1, -0.05) is 97.8 Å². The Morgan fingerprint density at radius 1 is 0.556 bits per heavy atom. The van der Waals surface area contributed by atoms with Gasteiger partial charge in [0.25, 0.3) is 5.91 Å². The number of carbonyl (C=O) groups excluding carboxylic acids is 3. The Balaban J connectivity index is 0.000000320. The largest absolute Gasteiger partial charge is 0.497 e.